The molecule has 0 fully saturated rings. The van der Waals surface area contributed by atoms with Gasteiger partial charge in [0.05, 0.1) is 18.1 Å². The number of ether oxygens (including phenoxy) is 1. The molecule has 0 unspecified atom stereocenters. The molecule has 0 saturated heterocycles. The number of aryl methyl sites for hydroxylation is 2. The van der Waals surface area contributed by atoms with Crippen molar-refractivity contribution in [1.82, 2.24) is 0 Å². The fourth-order valence-corrected chi connectivity index (χ4v) is 5.82. The molecule has 4 aromatic rings. The largest absolute Gasteiger partial charge is 0.496 e. The predicted octanol–water partition coefficient (Wildman–Crippen LogP) is 6.17. The van der Waals surface area contributed by atoms with Crippen LogP contribution in [0.1, 0.15) is 35.1 Å². The van der Waals surface area contributed by atoms with Crippen LogP contribution in [0, 0.1) is 22.7 Å². The summed E-state index contributed by atoms with van der Waals surface area (Å²) in [6.45, 7) is 2.21. The lowest BCUT2D eigenvalue weighted by Gasteiger charge is -2.37. The van der Waals surface area contributed by atoms with Gasteiger partial charge in [-0.05, 0) is 72.0 Å². The molecule has 0 amide bonds. The summed E-state index contributed by atoms with van der Waals surface area (Å²) < 4.78 is 11.4. The third-order valence-corrected chi connectivity index (χ3v) is 7.51. The number of fused-ring (bicyclic) bond motifs is 3. The van der Waals surface area contributed by atoms with Gasteiger partial charge in [-0.1, -0.05) is 36.4 Å². The van der Waals surface area contributed by atoms with E-state index in [0.29, 0.717) is 16.7 Å². The zero-order valence-electron chi connectivity index (χ0n) is 21.1. The Hall–Kier alpha value is -4.81. The summed E-state index contributed by atoms with van der Waals surface area (Å²) in [7, 11) is 1.56. The molecule has 0 spiro atoms. The van der Waals surface area contributed by atoms with Crippen molar-refractivity contribution in [3.63, 3.8) is 0 Å². The Labute approximate surface area is 220 Å². The molecule has 2 aliphatic heterocycles. The number of methoxy groups -OCH3 is 1. The average Bonchev–Trinajstić information content (AvgIpc) is 2.95. The molecule has 0 bridgehead atoms. The van der Waals surface area contributed by atoms with E-state index in [2.05, 4.69) is 17.0 Å². The summed E-state index contributed by atoms with van der Waals surface area (Å²) in [6.07, 6.45) is 7.90. The third kappa shape index (κ3) is 3.92. The minimum absolute atomic E-state index is 0.144. The predicted molar refractivity (Wildman–Crippen MR) is 149 cm³/mol. The minimum atomic E-state index is -0.616. The van der Waals surface area contributed by atoms with Crippen molar-refractivity contribution in [2.75, 3.05) is 25.1 Å². The SMILES string of the molecule is COc1cc2ccccc2c2oc(=O)c(C(/C=C/c3cc4c5c(c3)CCCN5CCC4)=C(C#N)C#N)cc12. The fraction of sp³-hybridized carbons (Fsp3) is 0.219. The maximum atomic E-state index is 13.3. The molecule has 2 aliphatic rings. The van der Waals surface area contributed by atoms with Gasteiger partial charge >= 0.3 is 5.63 Å². The van der Waals surface area contributed by atoms with Gasteiger partial charge in [-0.3, -0.25) is 0 Å². The maximum absolute atomic E-state index is 13.3. The van der Waals surface area contributed by atoms with Crippen molar-refractivity contribution in [1.29, 1.82) is 10.5 Å². The smallest absolute Gasteiger partial charge is 0.344 e. The summed E-state index contributed by atoms with van der Waals surface area (Å²) in [5.41, 5.74) is 5.05. The van der Waals surface area contributed by atoms with E-state index in [1.165, 1.54) is 16.8 Å². The molecule has 0 saturated carbocycles. The van der Waals surface area contributed by atoms with Crippen LogP contribution in [0.3, 0.4) is 0 Å². The highest BCUT2D eigenvalue weighted by Gasteiger charge is 2.24. The van der Waals surface area contributed by atoms with Crippen LogP contribution in [0.5, 0.6) is 5.75 Å². The second-order valence-corrected chi connectivity index (χ2v) is 9.72. The van der Waals surface area contributed by atoms with Gasteiger partial charge in [0.25, 0.3) is 0 Å². The minimum Gasteiger partial charge on any atom is -0.496 e. The zero-order chi connectivity index (χ0) is 26.2. The summed E-state index contributed by atoms with van der Waals surface area (Å²) >= 11 is 0. The van der Waals surface area contributed by atoms with Crippen LogP contribution in [-0.4, -0.2) is 20.2 Å². The monoisotopic (exact) mass is 499 g/mol. The summed E-state index contributed by atoms with van der Waals surface area (Å²) in [6, 6.07) is 19.4. The van der Waals surface area contributed by atoms with E-state index < -0.39 is 5.63 Å². The van der Waals surface area contributed by atoms with Gasteiger partial charge < -0.3 is 14.1 Å². The number of nitrogens with zero attached hydrogens (tertiary/aromatic N) is 3. The van der Waals surface area contributed by atoms with Crippen LogP contribution in [0.15, 0.2) is 69.4 Å². The molecular formula is C32H25N3O3. The molecule has 6 nitrogen and oxygen atoms in total. The fourth-order valence-electron chi connectivity index (χ4n) is 5.82. The Kier molecular flexibility index (Phi) is 5.94. The molecule has 0 radical (unpaired) electrons. The summed E-state index contributed by atoms with van der Waals surface area (Å²) in [4.78, 5) is 15.8. The lowest BCUT2D eigenvalue weighted by molar-refractivity contribution is 0.419. The van der Waals surface area contributed by atoms with Gasteiger partial charge in [0.2, 0.25) is 0 Å². The molecule has 0 aliphatic carbocycles. The van der Waals surface area contributed by atoms with Crippen molar-refractivity contribution in [2.45, 2.75) is 25.7 Å². The quantitative estimate of drug-likeness (QED) is 0.144. The van der Waals surface area contributed by atoms with E-state index in [-0.39, 0.29) is 16.7 Å². The van der Waals surface area contributed by atoms with Gasteiger partial charge in [-0.2, -0.15) is 10.5 Å². The first-order valence-electron chi connectivity index (χ1n) is 12.8. The van der Waals surface area contributed by atoms with Crippen LogP contribution in [-0.2, 0) is 12.8 Å². The van der Waals surface area contributed by atoms with Crippen molar-refractivity contribution < 1.29 is 9.15 Å². The molecule has 1 aromatic heterocycles. The molecule has 3 aromatic carbocycles. The molecule has 186 valence electrons. The standard InChI is InChI=1S/C32H25N3O3/c1-37-29-16-21-6-2-3-9-26(21)31-28(29)17-27(32(36)38-31)25(24(18-33)19-34)11-10-20-14-22-7-4-12-35-13-5-8-23(15-20)30(22)35/h2-3,6,9-11,14-17H,4-5,7-8,12-13H2,1H3/b11-10+. The lowest BCUT2D eigenvalue weighted by Crippen LogP contribution is -2.34. The van der Waals surface area contributed by atoms with Crippen LogP contribution in [0.2, 0.25) is 0 Å². The van der Waals surface area contributed by atoms with E-state index in [9.17, 15) is 15.3 Å². The third-order valence-electron chi connectivity index (χ3n) is 7.51. The normalized spacial score (nSPS) is 14.2. The van der Waals surface area contributed by atoms with E-state index in [1.807, 2.05) is 48.5 Å². The molecule has 6 heteroatoms. The summed E-state index contributed by atoms with van der Waals surface area (Å²) in [5, 5.41) is 21.8. The highest BCUT2D eigenvalue weighted by molar-refractivity contribution is 6.07. The number of hydrogen-bond acceptors (Lipinski definition) is 6. The Bertz CT molecular complexity index is 1770. The first-order chi connectivity index (χ1) is 18.6. The number of hydrogen-bond donors (Lipinski definition) is 0. The highest BCUT2D eigenvalue weighted by Crippen LogP contribution is 2.37. The number of rotatable bonds is 4. The second kappa shape index (κ2) is 9.57. The van der Waals surface area contributed by atoms with E-state index in [4.69, 9.17) is 9.15 Å². The van der Waals surface area contributed by atoms with Crippen molar-refractivity contribution in [3.05, 3.63) is 92.9 Å². The maximum Gasteiger partial charge on any atom is 0.344 e. The Morgan fingerprint density at radius 2 is 1.71 bits per heavy atom. The van der Waals surface area contributed by atoms with Crippen molar-refractivity contribution in [3.8, 4) is 17.9 Å². The molecule has 0 N–H and O–H groups in total. The first kappa shape index (κ1) is 23.6. The molecule has 6 rings (SSSR count). The molecular weight excluding hydrogens is 474 g/mol. The van der Waals surface area contributed by atoms with Crippen LogP contribution in [0.25, 0.3) is 33.4 Å². The van der Waals surface area contributed by atoms with Crippen molar-refractivity contribution in [2.24, 2.45) is 0 Å². The lowest BCUT2D eigenvalue weighted by atomic mass is 9.89. The first-order valence-corrected chi connectivity index (χ1v) is 12.8. The Morgan fingerprint density at radius 3 is 2.39 bits per heavy atom. The van der Waals surface area contributed by atoms with Gasteiger partial charge in [0.1, 0.15) is 29.0 Å². The highest BCUT2D eigenvalue weighted by atomic mass is 16.5. The Morgan fingerprint density at radius 1 is 1.00 bits per heavy atom. The summed E-state index contributed by atoms with van der Waals surface area (Å²) in [5.74, 6) is 0.542. The number of anilines is 1. The topological polar surface area (TPSA) is 90.3 Å². The second-order valence-electron chi connectivity index (χ2n) is 9.72. The van der Waals surface area contributed by atoms with Crippen molar-refractivity contribution >= 4 is 39.1 Å². The average molecular weight is 500 g/mol. The number of nitriles is 2. The van der Waals surface area contributed by atoms with Crippen LogP contribution < -0.4 is 15.3 Å². The Balaban J connectivity index is 1.51. The van der Waals surface area contributed by atoms with Gasteiger partial charge in [-0.15, -0.1) is 0 Å². The van der Waals surface area contributed by atoms with Crippen LogP contribution >= 0.6 is 0 Å². The van der Waals surface area contributed by atoms with Gasteiger partial charge in [0, 0.05) is 29.7 Å². The molecule has 38 heavy (non-hydrogen) atoms. The number of allylic oxidation sites excluding steroid dienone is 3. The number of benzene rings is 3. The molecule has 3 heterocycles. The van der Waals surface area contributed by atoms with Crippen LogP contribution in [0.4, 0.5) is 5.69 Å². The van der Waals surface area contributed by atoms with Gasteiger partial charge in [0.15, 0.2) is 0 Å². The van der Waals surface area contributed by atoms with Gasteiger partial charge in [-0.25, -0.2) is 4.79 Å². The van der Waals surface area contributed by atoms with E-state index in [1.54, 1.807) is 19.3 Å². The van der Waals surface area contributed by atoms with E-state index >= 15 is 0 Å². The van der Waals surface area contributed by atoms with E-state index in [0.717, 1.165) is 55.1 Å². The molecule has 0 atom stereocenters. The zero-order valence-corrected chi connectivity index (χ0v) is 21.1.